The van der Waals surface area contributed by atoms with Crippen LogP contribution in [0, 0.1) is 5.92 Å². The van der Waals surface area contributed by atoms with Crippen LogP contribution < -0.4 is 5.73 Å². The smallest absolute Gasteiger partial charge is 0.323 e. The molecule has 0 radical (unpaired) electrons. The van der Waals surface area contributed by atoms with Gasteiger partial charge in [-0.05, 0) is 17.0 Å². The molecule has 1 unspecified atom stereocenters. The lowest BCUT2D eigenvalue weighted by Gasteiger charge is -2.29. The van der Waals surface area contributed by atoms with E-state index in [4.69, 9.17) is 5.73 Å². The minimum Gasteiger partial charge on any atom is -0.323 e. The van der Waals surface area contributed by atoms with Crippen LogP contribution in [0.5, 0.6) is 0 Å². The Hall–Kier alpha value is -1.83. The maximum absolute atomic E-state index is 12.7. The van der Waals surface area contributed by atoms with Crippen molar-refractivity contribution in [1.82, 2.24) is 4.98 Å². The molecule has 0 fully saturated rings. The fourth-order valence-electron chi connectivity index (χ4n) is 2.20. The molecule has 0 saturated carbocycles. The van der Waals surface area contributed by atoms with E-state index >= 15 is 0 Å². The second kappa shape index (κ2) is 5.18. The largest absolute Gasteiger partial charge is 0.402 e. The number of rotatable bonds is 2. The van der Waals surface area contributed by atoms with Crippen molar-refractivity contribution in [2.75, 3.05) is 0 Å². The lowest BCUT2D eigenvalue weighted by atomic mass is 9.90. The number of halogens is 6. The van der Waals surface area contributed by atoms with Crippen LogP contribution in [0.15, 0.2) is 36.7 Å². The van der Waals surface area contributed by atoms with Crippen molar-refractivity contribution >= 4 is 10.8 Å². The molecular formula is C13H10F6N2. The van der Waals surface area contributed by atoms with Crippen LogP contribution >= 0.6 is 0 Å². The summed E-state index contributed by atoms with van der Waals surface area (Å²) in [5, 5.41) is 0.645. The summed E-state index contributed by atoms with van der Waals surface area (Å²) >= 11 is 0. The summed E-state index contributed by atoms with van der Waals surface area (Å²) in [6.07, 6.45) is -8.37. The summed E-state index contributed by atoms with van der Waals surface area (Å²) < 4.78 is 76.4. The summed E-state index contributed by atoms with van der Waals surface area (Å²) in [4.78, 5) is 3.72. The van der Waals surface area contributed by atoms with Crippen LogP contribution in [0.3, 0.4) is 0 Å². The predicted molar refractivity (Wildman–Crippen MR) is 64.3 cm³/mol. The average Bonchev–Trinajstić information content (AvgIpc) is 2.34. The summed E-state index contributed by atoms with van der Waals surface area (Å²) in [5.41, 5.74) is 5.07. The van der Waals surface area contributed by atoms with Crippen LogP contribution in [0.1, 0.15) is 11.6 Å². The van der Waals surface area contributed by atoms with Gasteiger partial charge in [0.2, 0.25) is 0 Å². The molecule has 0 aliphatic heterocycles. The average molecular weight is 308 g/mol. The maximum Gasteiger partial charge on any atom is 0.402 e. The van der Waals surface area contributed by atoms with Gasteiger partial charge in [-0.15, -0.1) is 0 Å². The molecule has 0 saturated heterocycles. The number of pyridine rings is 1. The van der Waals surface area contributed by atoms with Crippen molar-refractivity contribution in [3.63, 3.8) is 0 Å². The second-order valence-electron chi connectivity index (χ2n) is 4.53. The Balaban J connectivity index is 2.57. The van der Waals surface area contributed by atoms with Crippen molar-refractivity contribution in [3.8, 4) is 0 Å². The van der Waals surface area contributed by atoms with E-state index in [0.717, 1.165) is 6.07 Å². The Morgan fingerprint density at radius 3 is 2.14 bits per heavy atom. The first kappa shape index (κ1) is 15.6. The molecule has 1 heterocycles. The molecule has 1 aromatic carbocycles. The molecule has 1 aromatic heterocycles. The van der Waals surface area contributed by atoms with Crippen molar-refractivity contribution in [3.05, 3.63) is 42.2 Å². The van der Waals surface area contributed by atoms with E-state index < -0.39 is 24.3 Å². The molecule has 0 aliphatic rings. The number of nitrogens with two attached hydrogens (primary N) is 1. The van der Waals surface area contributed by atoms with Gasteiger partial charge in [0.1, 0.15) is 0 Å². The minimum atomic E-state index is -5.48. The number of hydrogen-bond acceptors (Lipinski definition) is 2. The molecule has 2 aromatic rings. The zero-order chi connectivity index (χ0) is 15.8. The van der Waals surface area contributed by atoms with Gasteiger partial charge >= 0.3 is 12.4 Å². The molecule has 2 N–H and O–H groups in total. The van der Waals surface area contributed by atoms with E-state index in [-0.39, 0.29) is 10.9 Å². The molecule has 0 aliphatic carbocycles. The van der Waals surface area contributed by atoms with Crippen LogP contribution in [0.2, 0.25) is 0 Å². The first-order valence-electron chi connectivity index (χ1n) is 5.84. The summed E-state index contributed by atoms with van der Waals surface area (Å²) in [5.74, 6) is -3.63. The highest BCUT2D eigenvalue weighted by Gasteiger charge is 2.59. The van der Waals surface area contributed by atoms with Crippen LogP contribution in [-0.4, -0.2) is 17.3 Å². The first-order valence-corrected chi connectivity index (χ1v) is 5.84. The summed E-state index contributed by atoms with van der Waals surface area (Å²) in [6, 6.07) is 3.31. The molecule has 2 nitrogen and oxygen atoms in total. The van der Waals surface area contributed by atoms with Crippen molar-refractivity contribution in [2.24, 2.45) is 11.7 Å². The quantitative estimate of drug-likeness (QED) is 0.852. The number of fused-ring (bicyclic) bond motifs is 1. The highest BCUT2D eigenvalue weighted by Crippen LogP contribution is 2.46. The highest BCUT2D eigenvalue weighted by atomic mass is 19.4. The van der Waals surface area contributed by atoms with Gasteiger partial charge in [0.15, 0.2) is 5.92 Å². The van der Waals surface area contributed by atoms with Crippen LogP contribution in [0.25, 0.3) is 10.8 Å². The molecule has 0 bridgehead atoms. The Morgan fingerprint density at radius 2 is 1.57 bits per heavy atom. The number of nitrogens with zero attached hydrogens (tertiary/aromatic N) is 1. The second-order valence-corrected chi connectivity index (χ2v) is 4.53. The third kappa shape index (κ3) is 3.10. The van der Waals surface area contributed by atoms with Gasteiger partial charge in [-0.1, -0.05) is 18.2 Å². The molecule has 114 valence electrons. The van der Waals surface area contributed by atoms with Crippen molar-refractivity contribution in [2.45, 2.75) is 18.4 Å². The predicted octanol–water partition coefficient (Wildman–Crippen LogP) is 3.98. The molecule has 0 spiro atoms. The van der Waals surface area contributed by atoms with Crippen LogP contribution in [-0.2, 0) is 0 Å². The SMILES string of the molecule is NC(c1cccc2ccncc12)C(C(F)(F)F)C(F)(F)F. The lowest BCUT2D eigenvalue weighted by molar-refractivity contribution is -0.290. The van der Waals surface area contributed by atoms with Gasteiger partial charge in [-0.3, -0.25) is 4.98 Å². The van der Waals surface area contributed by atoms with Gasteiger partial charge in [0, 0.05) is 17.8 Å². The monoisotopic (exact) mass is 308 g/mol. The van der Waals surface area contributed by atoms with Crippen molar-refractivity contribution in [1.29, 1.82) is 0 Å². The maximum atomic E-state index is 12.7. The number of alkyl halides is 6. The van der Waals surface area contributed by atoms with E-state index in [2.05, 4.69) is 4.98 Å². The minimum absolute atomic E-state index is 0.172. The zero-order valence-corrected chi connectivity index (χ0v) is 10.4. The van der Waals surface area contributed by atoms with Gasteiger partial charge in [0.05, 0.1) is 6.04 Å². The molecular weight excluding hydrogens is 298 g/mol. The Morgan fingerprint density at radius 1 is 0.952 bits per heavy atom. The fraction of sp³-hybridized carbons (Fsp3) is 0.308. The topological polar surface area (TPSA) is 38.9 Å². The third-order valence-electron chi connectivity index (χ3n) is 3.14. The van der Waals surface area contributed by atoms with Gasteiger partial charge in [-0.2, -0.15) is 26.3 Å². The van der Waals surface area contributed by atoms with E-state index in [1.54, 1.807) is 6.07 Å². The number of hydrogen-bond donors (Lipinski definition) is 1. The van der Waals surface area contributed by atoms with E-state index in [0.29, 0.717) is 5.39 Å². The van der Waals surface area contributed by atoms with Gasteiger partial charge in [-0.25, -0.2) is 0 Å². The number of aromatic nitrogens is 1. The lowest BCUT2D eigenvalue weighted by Crippen LogP contribution is -2.44. The molecule has 21 heavy (non-hydrogen) atoms. The van der Waals surface area contributed by atoms with Gasteiger partial charge in [0.25, 0.3) is 0 Å². The molecule has 8 heteroatoms. The van der Waals surface area contributed by atoms with E-state index in [9.17, 15) is 26.3 Å². The Kier molecular flexibility index (Phi) is 3.83. The molecule has 0 amide bonds. The molecule has 1 atom stereocenters. The standard InChI is InChI=1S/C13H10F6N2/c14-12(15,16)11(13(17,18)19)10(20)8-3-1-2-7-4-5-21-6-9(7)8/h1-6,10-11H,20H2. The Bertz CT molecular complexity index is 615. The highest BCUT2D eigenvalue weighted by molar-refractivity contribution is 5.85. The first-order chi connectivity index (χ1) is 9.62. The number of benzene rings is 1. The van der Waals surface area contributed by atoms with Crippen LogP contribution in [0.4, 0.5) is 26.3 Å². The fourth-order valence-corrected chi connectivity index (χ4v) is 2.20. The third-order valence-corrected chi connectivity index (χ3v) is 3.14. The normalized spacial score (nSPS) is 14.7. The van der Waals surface area contributed by atoms with E-state index in [1.165, 1.54) is 24.5 Å². The van der Waals surface area contributed by atoms with E-state index in [1.807, 2.05) is 0 Å². The summed E-state index contributed by atoms with van der Waals surface area (Å²) in [7, 11) is 0. The van der Waals surface area contributed by atoms with Crippen molar-refractivity contribution < 1.29 is 26.3 Å². The zero-order valence-electron chi connectivity index (χ0n) is 10.4. The molecule has 2 rings (SSSR count). The van der Waals surface area contributed by atoms with Gasteiger partial charge < -0.3 is 5.73 Å². The summed E-state index contributed by atoms with van der Waals surface area (Å²) in [6.45, 7) is 0. The Labute approximate surface area is 115 Å².